The fourth-order valence-electron chi connectivity index (χ4n) is 8.30. The largest absolute Gasteiger partial charge is 0.508 e. The van der Waals surface area contributed by atoms with Crippen LogP contribution in [0.5, 0.6) is 11.5 Å². The van der Waals surface area contributed by atoms with Crippen molar-refractivity contribution in [3.63, 3.8) is 0 Å². The van der Waals surface area contributed by atoms with Gasteiger partial charge in [-0.1, -0.05) is 13.0 Å². The first-order chi connectivity index (χ1) is 19.5. The van der Waals surface area contributed by atoms with E-state index in [1.54, 1.807) is 12.1 Å². The molecule has 2 aromatic carbocycles. The number of ether oxygens (including phenoxy) is 1. The zero-order chi connectivity index (χ0) is 28.9. The summed E-state index contributed by atoms with van der Waals surface area (Å²) in [5.74, 6) is 0.322. The fraction of sp³-hybridized carbons (Fsp3) is 0.594. The van der Waals surface area contributed by atoms with Gasteiger partial charge in [0.25, 0.3) is 0 Å². The number of nitrogens with one attached hydrogen (secondary N) is 1. The Balaban J connectivity index is 1.27. The van der Waals surface area contributed by atoms with Gasteiger partial charge >= 0.3 is 6.18 Å². The number of rotatable bonds is 6. The minimum absolute atomic E-state index is 0.0537. The number of carbonyl (C=O) groups excluding carboxylic acids is 1. The molecule has 3 fully saturated rings. The lowest BCUT2D eigenvalue weighted by molar-refractivity contribution is -0.137. The third-order valence-corrected chi connectivity index (χ3v) is 10.3. The summed E-state index contributed by atoms with van der Waals surface area (Å²) in [7, 11) is 0. The number of aromatic hydroxyl groups is 1. The summed E-state index contributed by atoms with van der Waals surface area (Å²) in [6, 6.07) is 9.15. The highest BCUT2D eigenvalue weighted by molar-refractivity contribution is 5.91. The summed E-state index contributed by atoms with van der Waals surface area (Å²) in [5.41, 5.74) is 0.539. The number of phenolic OH excluding ortho intramolecular Hbond substituents is 1. The van der Waals surface area contributed by atoms with E-state index in [-0.39, 0.29) is 40.9 Å². The number of aliphatic hydroxyl groups is 1. The average Bonchev–Trinajstić information content (AvgIpc) is 3.55. The van der Waals surface area contributed by atoms with Crippen molar-refractivity contribution >= 4 is 11.6 Å². The Labute approximate surface area is 238 Å². The summed E-state index contributed by atoms with van der Waals surface area (Å²) in [6.45, 7) is 4.46. The van der Waals surface area contributed by atoms with Gasteiger partial charge in [-0.05, 0) is 111 Å². The van der Waals surface area contributed by atoms with E-state index in [1.807, 2.05) is 6.07 Å². The smallest absolute Gasteiger partial charge is 0.418 e. The first kappa shape index (κ1) is 28.3. The van der Waals surface area contributed by atoms with Crippen molar-refractivity contribution in [2.45, 2.75) is 82.6 Å². The van der Waals surface area contributed by atoms with Gasteiger partial charge in [0.2, 0.25) is 5.91 Å². The van der Waals surface area contributed by atoms with Crippen LogP contribution in [0, 0.1) is 17.3 Å². The molecule has 41 heavy (non-hydrogen) atoms. The third-order valence-electron chi connectivity index (χ3n) is 10.3. The second kappa shape index (κ2) is 10.8. The molecule has 6 atom stereocenters. The van der Waals surface area contributed by atoms with E-state index in [0.29, 0.717) is 25.3 Å². The molecule has 9 heteroatoms. The number of carbonyl (C=O) groups is 1. The van der Waals surface area contributed by atoms with E-state index in [9.17, 15) is 28.2 Å². The number of halogens is 3. The van der Waals surface area contributed by atoms with Gasteiger partial charge < -0.3 is 25.2 Å². The number of alkyl halides is 3. The lowest BCUT2D eigenvalue weighted by Crippen LogP contribution is -2.51. The van der Waals surface area contributed by atoms with Crippen LogP contribution in [0.4, 0.5) is 18.9 Å². The van der Waals surface area contributed by atoms with Crippen LogP contribution in [0.1, 0.15) is 74.5 Å². The molecule has 6 nitrogen and oxygen atoms in total. The van der Waals surface area contributed by atoms with Crippen molar-refractivity contribution in [3.05, 3.63) is 53.1 Å². The number of aliphatic hydroxyl groups excluding tert-OH is 1. The van der Waals surface area contributed by atoms with Crippen LogP contribution in [0.2, 0.25) is 0 Å². The van der Waals surface area contributed by atoms with Crippen LogP contribution in [-0.2, 0) is 17.4 Å². The summed E-state index contributed by atoms with van der Waals surface area (Å²) in [4.78, 5) is 14.7. The molecule has 2 saturated carbocycles. The van der Waals surface area contributed by atoms with E-state index in [1.165, 1.54) is 12.1 Å². The molecule has 1 heterocycles. The molecule has 0 aromatic heterocycles. The number of aryl methyl sites for hydroxylation is 1. The lowest BCUT2D eigenvalue weighted by atomic mass is 9.54. The van der Waals surface area contributed by atoms with Crippen LogP contribution in [-0.4, -0.2) is 52.9 Å². The number of phenols is 1. The minimum Gasteiger partial charge on any atom is -0.508 e. The molecule has 4 aliphatic rings. The summed E-state index contributed by atoms with van der Waals surface area (Å²) >= 11 is 0. The summed E-state index contributed by atoms with van der Waals surface area (Å²) in [5, 5.41) is 23.6. The zero-order valence-electron chi connectivity index (χ0n) is 23.4. The number of fused-ring (bicyclic) bond motifs is 5. The quantitative estimate of drug-likeness (QED) is 0.389. The third kappa shape index (κ3) is 5.43. The maximum atomic E-state index is 14.2. The van der Waals surface area contributed by atoms with Crippen molar-refractivity contribution in [1.82, 2.24) is 4.90 Å². The molecule has 1 aliphatic heterocycles. The van der Waals surface area contributed by atoms with Gasteiger partial charge in [-0.25, -0.2) is 0 Å². The highest BCUT2D eigenvalue weighted by Crippen LogP contribution is 2.61. The van der Waals surface area contributed by atoms with E-state index in [0.717, 1.165) is 62.4 Å². The number of benzene rings is 2. The number of anilines is 1. The SMILES string of the molecule is C[C@]12C[C@H](Oc3ccc(NC(=O)CCN4CCCC4)c(C(F)(F)F)c3)[C@@H]3c4ccc(O)cc4CC[C@H]3[C@@H]1CC[C@@H]2O. The van der Waals surface area contributed by atoms with Gasteiger partial charge in [0, 0.05) is 24.3 Å². The molecule has 0 bridgehead atoms. The Morgan fingerprint density at radius 3 is 2.66 bits per heavy atom. The van der Waals surface area contributed by atoms with Crippen LogP contribution >= 0.6 is 0 Å². The predicted molar refractivity (Wildman–Crippen MR) is 149 cm³/mol. The Morgan fingerprint density at radius 2 is 1.90 bits per heavy atom. The van der Waals surface area contributed by atoms with Crippen molar-refractivity contribution in [2.75, 3.05) is 25.0 Å². The van der Waals surface area contributed by atoms with Crippen LogP contribution in [0.3, 0.4) is 0 Å². The number of amides is 1. The molecule has 3 aliphatic carbocycles. The monoisotopic (exact) mass is 572 g/mol. The topological polar surface area (TPSA) is 82.0 Å². The molecule has 1 saturated heterocycles. The van der Waals surface area contributed by atoms with Crippen molar-refractivity contribution < 1.29 is 32.9 Å². The van der Waals surface area contributed by atoms with Crippen LogP contribution in [0.25, 0.3) is 0 Å². The molecule has 0 radical (unpaired) electrons. The molecule has 2 aromatic rings. The fourth-order valence-corrected chi connectivity index (χ4v) is 8.30. The van der Waals surface area contributed by atoms with Gasteiger partial charge in [0.05, 0.1) is 17.4 Å². The average molecular weight is 573 g/mol. The summed E-state index contributed by atoms with van der Waals surface area (Å²) in [6.07, 6.45) is 0.535. The van der Waals surface area contributed by atoms with Gasteiger partial charge in [0.1, 0.15) is 17.6 Å². The minimum atomic E-state index is -4.68. The highest BCUT2D eigenvalue weighted by atomic mass is 19.4. The van der Waals surface area contributed by atoms with Gasteiger partial charge in [-0.15, -0.1) is 0 Å². The van der Waals surface area contributed by atoms with E-state index in [4.69, 9.17) is 4.74 Å². The summed E-state index contributed by atoms with van der Waals surface area (Å²) < 4.78 is 49.1. The Hall–Kier alpha value is -2.78. The maximum Gasteiger partial charge on any atom is 0.418 e. The second-order valence-corrected chi connectivity index (χ2v) is 12.7. The lowest BCUT2D eigenvalue weighted by Gasteiger charge is -2.53. The van der Waals surface area contributed by atoms with E-state index < -0.39 is 29.9 Å². The highest BCUT2D eigenvalue weighted by Gasteiger charge is 2.58. The predicted octanol–water partition coefficient (Wildman–Crippen LogP) is 6.11. The first-order valence-corrected chi connectivity index (χ1v) is 14.9. The van der Waals surface area contributed by atoms with Crippen molar-refractivity contribution in [1.29, 1.82) is 0 Å². The Kier molecular flexibility index (Phi) is 7.47. The molecule has 0 spiro atoms. The number of hydrogen-bond donors (Lipinski definition) is 3. The van der Waals surface area contributed by atoms with Gasteiger partial charge in [-0.2, -0.15) is 13.2 Å². The standard InChI is InChI=1S/C32H39F3N2O4/c1-31-18-27(30-22-8-5-20(38)16-19(22)4-7-23(30)24(31)9-11-28(31)39)41-21-6-10-26(25(17-21)32(33,34)35)36-29(40)12-15-37-13-2-3-14-37/h5-6,8,10,16-17,23-24,27-28,30,38-39H,2-4,7,9,11-15,18H2,1H3,(H,36,40)/t23-,24-,27-,28-,30+,31-/m0/s1. The Morgan fingerprint density at radius 1 is 1.12 bits per heavy atom. The van der Waals surface area contributed by atoms with Crippen LogP contribution in [0.15, 0.2) is 36.4 Å². The van der Waals surface area contributed by atoms with Gasteiger partial charge in [0.15, 0.2) is 0 Å². The van der Waals surface area contributed by atoms with E-state index in [2.05, 4.69) is 17.1 Å². The second-order valence-electron chi connectivity index (χ2n) is 12.7. The molecular formula is C32H39F3N2O4. The molecule has 6 rings (SSSR count). The first-order valence-electron chi connectivity index (χ1n) is 14.9. The molecule has 1 amide bonds. The van der Waals surface area contributed by atoms with Crippen molar-refractivity contribution in [2.24, 2.45) is 17.3 Å². The van der Waals surface area contributed by atoms with Crippen LogP contribution < -0.4 is 10.1 Å². The zero-order valence-corrected chi connectivity index (χ0v) is 23.4. The number of nitrogens with zero attached hydrogens (tertiary/aromatic N) is 1. The normalized spacial score (nSPS) is 31.3. The van der Waals surface area contributed by atoms with Gasteiger partial charge in [-0.3, -0.25) is 4.79 Å². The number of hydrogen-bond acceptors (Lipinski definition) is 5. The Bertz CT molecular complexity index is 1290. The molecule has 3 N–H and O–H groups in total. The van der Waals surface area contributed by atoms with Crippen molar-refractivity contribution in [3.8, 4) is 11.5 Å². The molecule has 222 valence electrons. The maximum absolute atomic E-state index is 14.2. The van der Waals surface area contributed by atoms with E-state index >= 15 is 0 Å². The molecule has 0 unspecified atom stereocenters. The molecular weight excluding hydrogens is 533 g/mol. The number of likely N-dealkylation sites (tertiary alicyclic amines) is 1.